The van der Waals surface area contributed by atoms with E-state index in [1.165, 1.54) is 0 Å². The third-order valence-electron chi connectivity index (χ3n) is 4.97. The highest BCUT2D eigenvalue weighted by molar-refractivity contribution is 6.04. The highest BCUT2D eigenvalue weighted by Crippen LogP contribution is 2.29. The fraction of sp³-hybridized carbons (Fsp3) is 0.435. The average Bonchev–Trinajstić information content (AvgIpc) is 3.41. The van der Waals surface area contributed by atoms with E-state index in [-0.39, 0.29) is 37.3 Å². The van der Waals surface area contributed by atoms with Gasteiger partial charge in [0.2, 0.25) is 5.91 Å². The van der Waals surface area contributed by atoms with Gasteiger partial charge in [0.25, 0.3) is 5.91 Å². The molecule has 3 rings (SSSR count). The molecule has 1 fully saturated rings. The fourth-order valence-electron chi connectivity index (χ4n) is 3.24. The zero-order valence-electron chi connectivity index (χ0n) is 17.8. The van der Waals surface area contributed by atoms with Gasteiger partial charge >= 0.3 is 5.97 Å². The van der Waals surface area contributed by atoms with Crippen molar-refractivity contribution in [3.63, 3.8) is 0 Å². The molecule has 8 nitrogen and oxygen atoms in total. The van der Waals surface area contributed by atoms with Gasteiger partial charge in [0.15, 0.2) is 0 Å². The second-order valence-corrected chi connectivity index (χ2v) is 7.59. The minimum atomic E-state index is -0.301. The van der Waals surface area contributed by atoms with E-state index in [1.54, 1.807) is 49.6 Å². The molecule has 0 unspecified atom stereocenters. The smallest absolute Gasteiger partial charge is 0.307 e. The highest BCUT2D eigenvalue weighted by Gasteiger charge is 2.26. The van der Waals surface area contributed by atoms with Crippen LogP contribution >= 0.6 is 0 Å². The van der Waals surface area contributed by atoms with E-state index in [4.69, 9.17) is 9.15 Å². The topological polar surface area (TPSA) is 101 Å². The third kappa shape index (κ3) is 7.57. The van der Waals surface area contributed by atoms with Crippen LogP contribution in [0.15, 0.2) is 47.1 Å². The Morgan fingerprint density at radius 3 is 2.68 bits per heavy atom. The Hall–Kier alpha value is -3.13. The number of ether oxygens (including phenoxy) is 1. The van der Waals surface area contributed by atoms with Gasteiger partial charge in [0.1, 0.15) is 5.76 Å². The molecule has 0 bridgehead atoms. The minimum Gasteiger partial charge on any atom is -0.467 e. The van der Waals surface area contributed by atoms with Crippen LogP contribution in [0.25, 0.3) is 0 Å². The number of amides is 2. The standard InChI is InChI=1S/C23H29N3O5/c1-2-30-22(28)11-12-26(15-17-9-10-17)16-21(27)25-20-8-4-3-7-19(20)23(29)24-14-18-6-5-13-31-18/h3-8,13,17H,2,9-12,14-16H2,1H3,(H,24,29)(H,25,27). The molecule has 1 heterocycles. The SMILES string of the molecule is CCOC(=O)CCN(CC(=O)Nc1ccccc1C(=O)NCc1ccco1)CC1CC1. The normalized spacial score (nSPS) is 13.1. The Balaban J connectivity index is 1.56. The van der Waals surface area contributed by atoms with Crippen LogP contribution in [0.1, 0.15) is 42.3 Å². The van der Waals surface area contributed by atoms with Crippen LogP contribution in [0.5, 0.6) is 0 Å². The van der Waals surface area contributed by atoms with Crippen molar-refractivity contribution in [3.8, 4) is 0 Å². The zero-order chi connectivity index (χ0) is 22.1. The van der Waals surface area contributed by atoms with E-state index in [0.29, 0.717) is 36.1 Å². The second kappa shape index (κ2) is 11.3. The predicted octanol–water partition coefficient (Wildman–Crippen LogP) is 2.81. The molecule has 1 aliphatic rings. The Morgan fingerprint density at radius 2 is 1.97 bits per heavy atom. The first-order valence-electron chi connectivity index (χ1n) is 10.6. The van der Waals surface area contributed by atoms with Gasteiger partial charge in [0, 0.05) is 13.1 Å². The molecule has 1 aromatic carbocycles. The number of para-hydroxylation sites is 1. The average molecular weight is 428 g/mol. The first kappa shape index (κ1) is 22.6. The first-order chi connectivity index (χ1) is 15.0. The molecular formula is C23H29N3O5. The van der Waals surface area contributed by atoms with Gasteiger partial charge in [-0.3, -0.25) is 19.3 Å². The zero-order valence-corrected chi connectivity index (χ0v) is 17.8. The van der Waals surface area contributed by atoms with E-state index in [0.717, 1.165) is 19.4 Å². The molecule has 2 N–H and O–H groups in total. The highest BCUT2D eigenvalue weighted by atomic mass is 16.5. The number of hydrogen-bond donors (Lipinski definition) is 2. The maximum atomic E-state index is 12.7. The molecule has 8 heteroatoms. The maximum absolute atomic E-state index is 12.7. The van der Waals surface area contributed by atoms with Crippen LogP contribution in [0.2, 0.25) is 0 Å². The van der Waals surface area contributed by atoms with Gasteiger partial charge in [-0.15, -0.1) is 0 Å². The molecule has 0 saturated heterocycles. The van der Waals surface area contributed by atoms with Gasteiger partial charge in [-0.05, 0) is 49.9 Å². The summed E-state index contributed by atoms with van der Waals surface area (Å²) in [5.41, 5.74) is 0.823. The lowest BCUT2D eigenvalue weighted by Gasteiger charge is -2.21. The van der Waals surface area contributed by atoms with Crippen LogP contribution < -0.4 is 10.6 Å². The summed E-state index contributed by atoms with van der Waals surface area (Å²) in [5, 5.41) is 5.63. The molecule has 0 radical (unpaired) electrons. The van der Waals surface area contributed by atoms with Gasteiger partial charge in [-0.25, -0.2) is 0 Å². The van der Waals surface area contributed by atoms with Crippen molar-refractivity contribution in [3.05, 3.63) is 54.0 Å². The number of anilines is 1. The maximum Gasteiger partial charge on any atom is 0.307 e. The number of carbonyl (C=O) groups is 3. The number of rotatable bonds is 12. The van der Waals surface area contributed by atoms with E-state index >= 15 is 0 Å². The summed E-state index contributed by atoms with van der Waals surface area (Å²) in [6.45, 7) is 3.78. The first-order valence-corrected chi connectivity index (χ1v) is 10.6. The third-order valence-corrected chi connectivity index (χ3v) is 4.97. The lowest BCUT2D eigenvalue weighted by atomic mass is 10.1. The van der Waals surface area contributed by atoms with Crippen LogP contribution in [0.4, 0.5) is 5.69 Å². The number of nitrogens with one attached hydrogen (secondary N) is 2. The number of nitrogens with zero attached hydrogens (tertiary/aromatic N) is 1. The van der Waals surface area contributed by atoms with Crippen LogP contribution in [0.3, 0.4) is 0 Å². The van der Waals surface area contributed by atoms with Gasteiger partial charge in [0.05, 0.1) is 43.6 Å². The molecule has 2 aromatic rings. The second-order valence-electron chi connectivity index (χ2n) is 7.59. The van der Waals surface area contributed by atoms with Crippen molar-refractivity contribution >= 4 is 23.5 Å². The van der Waals surface area contributed by atoms with Crippen molar-refractivity contribution in [2.24, 2.45) is 5.92 Å². The molecule has 0 aliphatic heterocycles. The summed E-state index contributed by atoms with van der Waals surface area (Å²) in [7, 11) is 0. The number of furan rings is 1. The van der Waals surface area contributed by atoms with Crippen molar-refractivity contribution in [2.45, 2.75) is 32.7 Å². The lowest BCUT2D eigenvalue weighted by molar-refractivity contribution is -0.143. The summed E-state index contributed by atoms with van der Waals surface area (Å²) in [6, 6.07) is 10.4. The van der Waals surface area contributed by atoms with Crippen LogP contribution in [-0.2, 0) is 20.9 Å². The number of esters is 1. The lowest BCUT2D eigenvalue weighted by Crippen LogP contribution is -2.36. The van der Waals surface area contributed by atoms with Crippen LogP contribution in [-0.4, -0.2) is 48.9 Å². The molecule has 1 saturated carbocycles. The molecule has 1 aliphatic carbocycles. The van der Waals surface area contributed by atoms with Crippen LogP contribution in [0, 0.1) is 5.92 Å². The fourth-order valence-corrected chi connectivity index (χ4v) is 3.24. The number of benzene rings is 1. The number of hydrogen-bond acceptors (Lipinski definition) is 6. The molecule has 166 valence electrons. The van der Waals surface area contributed by atoms with Gasteiger partial charge < -0.3 is 19.8 Å². The molecule has 31 heavy (non-hydrogen) atoms. The molecule has 1 aromatic heterocycles. The van der Waals surface area contributed by atoms with E-state index in [2.05, 4.69) is 10.6 Å². The molecule has 0 spiro atoms. The van der Waals surface area contributed by atoms with Gasteiger partial charge in [-0.2, -0.15) is 0 Å². The summed E-state index contributed by atoms with van der Waals surface area (Å²) in [6.07, 6.45) is 4.09. The Morgan fingerprint density at radius 1 is 1.16 bits per heavy atom. The monoisotopic (exact) mass is 427 g/mol. The van der Waals surface area contributed by atoms with Crippen molar-refractivity contribution in [2.75, 3.05) is 31.6 Å². The minimum absolute atomic E-state index is 0.151. The largest absolute Gasteiger partial charge is 0.467 e. The van der Waals surface area contributed by atoms with E-state index in [9.17, 15) is 14.4 Å². The summed E-state index contributed by atoms with van der Waals surface area (Å²) in [4.78, 5) is 39.0. The summed E-state index contributed by atoms with van der Waals surface area (Å²) < 4.78 is 10.2. The molecule has 0 atom stereocenters. The number of carbonyl (C=O) groups excluding carboxylic acids is 3. The Labute approximate surface area is 181 Å². The quantitative estimate of drug-likeness (QED) is 0.505. The van der Waals surface area contributed by atoms with Crippen molar-refractivity contribution in [1.82, 2.24) is 10.2 Å². The molecular weight excluding hydrogens is 398 g/mol. The Kier molecular flexibility index (Phi) is 8.23. The van der Waals surface area contributed by atoms with E-state index in [1.807, 2.05) is 4.90 Å². The van der Waals surface area contributed by atoms with E-state index < -0.39 is 0 Å². The van der Waals surface area contributed by atoms with Gasteiger partial charge in [-0.1, -0.05) is 12.1 Å². The van der Waals surface area contributed by atoms with Crippen molar-refractivity contribution in [1.29, 1.82) is 0 Å². The summed E-state index contributed by atoms with van der Waals surface area (Å²) in [5.74, 6) is 0.435. The summed E-state index contributed by atoms with van der Waals surface area (Å²) >= 11 is 0. The van der Waals surface area contributed by atoms with Crippen molar-refractivity contribution < 1.29 is 23.5 Å². The Bertz CT molecular complexity index is 877. The molecule has 2 amide bonds. The predicted molar refractivity (Wildman–Crippen MR) is 115 cm³/mol.